The lowest BCUT2D eigenvalue weighted by Crippen LogP contribution is -2.00. The molecule has 19 heavy (non-hydrogen) atoms. The van der Waals surface area contributed by atoms with Crippen molar-refractivity contribution < 1.29 is 5.11 Å². The average Bonchev–Trinajstić information content (AvgIpc) is 2.60. The van der Waals surface area contributed by atoms with Crippen LogP contribution < -0.4 is 0 Å². The van der Waals surface area contributed by atoms with Crippen LogP contribution in [-0.4, -0.2) is 14.9 Å². The third-order valence-electron chi connectivity index (χ3n) is 3.53. The molecule has 0 atom stereocenters. The molecule has 0 unspecified atom stereocenters. The van der Waals surface area contributed by atoms with Crippen molar-refractivity contribution in [1.82, 2.24) is 9.78 Å². The second-order valence-corrected chi connectivity index (χ2v) is 5.67. The number of hydrogen-bond acceptors (Lipinski definition) is 2. The van der Waals surface area contributed by atoms with E-state index in [2.05, 4.69) is 44.9 Å². The zero-order valence-electron chi connectivity index (χ0n) is 12.4. The molecule has 0 fully saturated rings. The van der Waals surface area contributed by atoms with Crippen molar-refractivity contribution in [2.75, 3.05) is 0 Å². The van der Waals surface area contributed by atoms with E-state index in [1.165, 1.54) is 11.1 Å². The highest BCUT2D eigenvalue weighted by molar-refractivity contribution is 5.44. The third-order valence-corrected chi connectivity index (χ3v) is 3.53. The van der Waals surface area contributed by atoms with Gasteiger partial charge in [0.25, 0.3) is 0 Å². The molecule has 0 radical (unpaired) electrons. The molecule has 0 aliphatic carbocycles. The monoisotopic (exact) mass is 258 g/mol. The quantitative estimate of drug-likeness (QED) is 0.911. The fraction of sp³-hybridized carbons (Fsp3) is 0.438. The first-order valence-corrected chi connectivity index (χ1v) is 6.75. The molecule has 2 aromatic rings. The zero-order chi connectivity index (χ0) is 14.2. The van der Waals surface area contributed by atoms with E-state index < -0.39 is 0 Å². The predicted octanol–water partition coefficient (Wildman–Crippen LogP) is 3.70. The molecule has 1 aromatic heterocycles. The van der Waals surface area contributed by atoms with Crippen molar-refractivity contribution in [1.29, 1.82) is 0 Å². The number of nitrogens with zero attached hydrogens (tertiary/aromatic N) is 2. The van der Waals surface area contributed by atoms with E-state index in [1.807, 2.05) is 13.0 Å². The van der Waals surface area contributed by atoms with E-state index in [-0.39, 0.29) is 5.88 Å². The van der Waals surface area contributed by atoms with Gasteiger partial charge in [-0.3, -0.25) is 0 Å². The van der Waals surface area contributed by atoms with E-state index in [9.17, 15) is 5.11 Å². The lowest BCUT2D eigenvalue weighted by molar-refractivity contribution is 0.430. The molecular weight excluding hydrogens is 236 g/mol. The molecule has 3 nitrogen and oxygen atoms in total. The van der Waals surface area contributed by atoms with Crippen molar-refractivity contribution in [2.24, 2.45) is 5.92 Å². The summed E-state index contributed by atoms with van der Waals surface area (Å²) in [5, 5.41) is 14.8. The van der Waals surface area contributed by atoms with Crippen molar-refractivity contribution in [2.45, 2.75) is 41.0 Å². The fourth-order valence-electron chi connectivity index (χ4n) is 2.15. The van der Waals surface area contributed by atoms with Crippen molar-refractivity contribution in [3.05, 3.63) is 40.6 Å². The van der Waals surface area contributed by atoms with E-state index in [0.717, 1.165) is 23.4 Å². The summed E-state index contributed by atoms with van der Waals surface area (Å²) >= 11 is 0. The number of hydrogen-bond donors (Lipinski definition) is 1. The summed E-state index contributed by atoms with van der Waals surface area (Å²) in [6, 6.07) is 6.11. The highest BCUT2D eigenvalue weighted by Gasteiger charge is 2.15. The standard InChI is InChI=1S/C16H22N2O/c1-10(2)8-15-13(5)16(19)18(17-15)14-7-6-11(3)12(4)9-14/h6-7,9-10,19H,8H2,1-5H3. The molecule has 0 bridgehead atoms. The first kappa shape index (κ1) is 13.7. The summed E-state index contributed by atoms with van der Waals surface area (Å²) in [5.74, 6) is 0.778. The molecular formula is C16H22N2O. The van der Waals surface area contributed by atoms with E-state index >= 15 is 0 Å². The van der Waals surface area contributed by atoms with Crippen molar-refractivity contribution in [3.63, 3.8) is 0 Å². The maximum absolute atomic E-state index is 10.2. The van der Waals surface area contributed by atoms with Gasteiger partial charge in [0.2, 0.25) is 5.88 Å². The van der Waals surface area contributed by atoms with Gasteiger partial charge in [0, 0.05) is 5.56 Å². The lowest BCUT2D eigenvalue weighted by Gasteiger charge is -2.06. The Balaban J connectivity index is 2.47. The Kier molecular flexibility index (Phi) is 3.65. The summed E-state index contributed by atoms with van der Waals surface area (Å²) < 4.78 is 1.64. The Morgan fingerprint density at radius 1 is 1.16 bits per heavy atom. The number of rotatable bonds is 3. The maximum Gasteiger partial charge on any atom is 0.217 e. The van der Waals surface area contributed by atoms with Crippen molar-refractivity contribution in [3.8, 4) is 11.6 Å². The summed E-state index contributed by atoms with van der Waals surface area (Å²) in [4.78, 5) is 0. The Hall–Kier alpha value is -1.77. The summed E-state index contributed by atoms with van der Waals surface area (Å²) in [5.41, 5.74) is 5.22. The van der Waals surface area contributed by atoms with Gasteiger partial charge in [-0.15, -0.1) is 0 Å². The number of benzene rings is 1. The molecule has 0 aliphatic heterocycles. The van der Waals surface area contributed by atoms with Crippen LogP contribution in [-0.2, 0) is 6.42 Å². The van der Waals surface area contributed by atoms with E-state index in [4.69, 9.17) is 0 Å². The smallest absolute Gasteiger partial charge is 0.217 e. The zero-order valence-corrected chi connectivity index (χ0v) is 12.4. The highest BCUT2D eigenvalue weighted by Crippen LogP contribution is 2.26. The summed E-state index contributed by atoms with van der Waals surface area (Å²) in [6.07, 6.45) is 0.886. The molecule has 2 rings (SSSR count). The van der Waals surface area contributed by atoms with Crippen LogP contribution in [0.15, 0.2) is 18.2 Å². The van der Waals surface area contributed by atoms with Gasteiger partial charge < -0.3 is 5.11 Å². The molecule has 0 spiro atoms. The van der Waals surface area contributed by atoms with Gasteiger partial charge in [0.15, 0.2) is 0 Å². The maximum atomic E-state index is 10.2. The number of aryl methyl sites for hydroxylation is 2. The molecule has 0 saturated heterocycles. The van der Waals surface area contributed by atoms with Crippen LogP contribution in [0.25, 0.3) is 5.69 Å². The average molecular weight is 258 g/mol. The summed E-state index contributed by atoms with van der Waals surface area (Å²) in [7, 11) is 0. The van der Waals surface area contributed by atoms with Gasteiger partial charge in [-0.2, -0.15) is 5.10 Å². The van der Waals surface area contributed by atoms with Gasteiger partial charge in [0.05, 0.1) is 11.4 Å². The molecule has 0 saturated carbocycles. The minimum atomic E-state index is 0.249. The molecule has 102 valence electrons. The van der Waals surface area contributed by atoms with Crippen LogP contribution in [0.2, 0.25) is 0 Å². The van der Waals surface area contributed by atoms with Gasteiger partial charge in [-0.1, -0.05) is 19.9 Å². The highest BCUT2D eigenvalue weighted by atomic mass is 16.3. The Morgan fingerprint density at radius 2 is 1.84 bits per heavy atom. The van der Waals surface area contributed by atoms with Gasteiger partial charge in [-0.05, 0) is 56.4 Å². The van der Waals surface area contributed by atoms with E-state index in [1.54, 1.807) is 4.68 Å². The first-order chi connectivity index (χ1) is 8.90. The van der Waals surface area contributed by atoms with Gasteiger partial charge >= 0.3 is 0 Å². The molecule has 0 amide bonds. The fourth-order valence-corrected chi connectivity index (χ4v) is 2.15. The lowest BCUT2D eigenvalue weighted by atomic mass is 10.1. The molecule has 1 aromatic carbocycles. The Morgan fingerprint density at radius 3 is 2.42 bits per heavy atom. The minimum absolute atomic E-state index is 0.249. The van der Waals surface area contributed by atoms with E-state index in [0.29, 0.717) is 5.92 Å². The SMILES string of the molecule is Cc1ccc(-n2nc(CC(C)C)c(C)c2O)cc1C. The van der Waals surface area contributed by atoms with Gasteiger partial charge in [-0.25, -0.2) is 4.68 Å². The van der Waals surface area contributed by atoms with Crippen LogP contribution in [0, 0.1) is 26.7 Å². The van der Waals surface area contributed by atoms with Crippen LogP contribution in [0.4, 0.5) is 0 Å². The summed E-state index contributed by atoms with van der Waals surface area (Å²) in [6.45, 7) is 10.4. The second kappa shape index (κ2) is 5.08. The Labute approximate surface area is 114 Å². The van der Waals surface area contributed by atoms with Crippen LogP contribution in [0.1, 0.15) is 36.2 Å². The molecule has 1 heterocycles. The van der Waals surface area contributed by atoms with Gasteiger partial charge in [0.1, 0.15) is 0 Å². The molecule has 1 N–H and O–H groups in total. The molecule has 0 aliphatic rings. The first-order valence-electron chi connectivity index (χ1n) is 6.75. The van der Waals surface area contributed by atoms with Crippen LogP contribution in [0.5, 0.6) is 5.88 Å². The Bertz CT molecular complexity index is 597. The topological polar surface area (TPSA) is 38.0 Å². The largest absolute Gasteiger partial charge is 0.493 e. The minimum Gasteiger partial charge on any atom is -0.493 e. The van der Waals surface area contributed by atoms with Crippen LogP contribution >= 0.6 is 0 Å². The van der Waals surface area contributed by atoms with Crippen LogP contribution in [0.3, 0.4) is 0 Å². The number of aromatic nitrogens is 2. The normalized spacial score (nSPS) is 11.3. The predicted molar refractivity (Wildman–Crippen MR) is 78.0 cm³/mol. The van der Waals surface area contributed by atoms with Crippen molar-refractivity contribution >= 4 is 0 Å². The third kappa shape index (κ3) is 2.65. The second-order valence-electron chi connectivity index (χ2n) is 5.67. The molecule has 3 heteroatoms. The number of aromatic hydroxyl groups is 1.